The summed E-state index contributed by atoms with van der Waals surface area (Å²) in [5, 5.41) is 0. The van der Waals surface area contributed by atoms with Gasteiger partial charge in [0.1, 0.15) is 6.54 Å². The highest BCUT2D eigenvalue weighted by Crippen LogP contribution is 2.31. The maximum atomic E-state index is 11.8. The molecule has 0 aromatic rings. The number of alkyl halides is 6. The Kier molecular flexibility index (Phi) is 2.64. The molecule has 1 rings (SSSR count). The fourth-order valence-electron chi connectivity index (χ4n) is 0.775. The van der Waals surface area contributed by atoms with Crippen LogP contribution in [0.15, 0.2) is 4.99 Å². The van der Waals surface area contributed by atoms with Crippen LogP contribution in [0.1, 0.15) is 6.42 Å². The van der Waals surface area contributed by atoms with Gasteiger partial charge in [0, 0.05) is 0 Å². The van der Waals surface area contributed by atoms with Gasteiger partial charge in [0.15, 0.2) is 6.34 Å². The molecule has 0 aliphatic carbocycles. The minimum atomic E-state index is -4.82. The molecule has 1 aliphatic heterocycles. The van der Waals surface area contributed by atoms with Gasteiger partial charge in [0.2, 0.25) is 0 Å². The van der Waals surface area contributed by atoms with Gasteiger partial charge in [-0.15, -0.1) is 13.2 Å². The standard InChI is InChI=1S/C6H3F6N2/c7-5(8,9)1-4-2-14(3-13-4)6(10,11)12/h4H,1H2. The first-order chi connectivity index (χ1) is 6.18. The van der Waals surface area contributed by atoms with Crippen molar-refractivity contribution in [3.63, 3.8) is 0 Å². The summed E-state index contributed by atoms with van der Waals surface area (Å²) in [5.74, 6) is 0. The smallest absolute Gasteiger partial charge is 0.259 e. The van der Waals surface area contributed by atoms with E-state index in [-0.39, 0.29) is 0 Å². The van der Waals surface area contributed by atoms with Crippen molar-refractivity contribution >= 4 is 6.34 Å². The van der Waals surface area contributed by atoms with Crippen molar-refractivity contribution in [2.24, 2.45) is 4.99 Å². The molecular formula is C6H3F6N2. The first kappa shape index (κ1) is 11.1. The number of rotatable bonds is 1. The van der Waals surface area contributed by atoms with Crippen molar-refractivity contribution in [2.75, 3.05) is 0 Å². The molecule has 0 N–H and O–H groups in total. The summed E-state index contributed by atoms with van der Waals surface area (Å²) in [6, 6.07) is -1.66. The molecule has 79 valence electrons. The second-order valence-electron chi connectivity index (χ2n) is 2.50. The molecule has 1 aliphatic rings. The van der Waals surface area contributed by atoms with E-state index in [1.807, 2.05) is 0 Å². The highest BCUT2D eigenvalue weighted by atomic mass is 19.4. The quantitative estimate of drug-likeness (QED) is 0.485. The van der Waals surface area contributed by atoms with Crippen LogP contribution < -0.4 is 0 Å². The van der Waals surface area contributed by atoms with Crippen LogP contribution in [0, 0.1) is 6.54 Å². The summed E-state index contributed by atoms with van der Waals surface area (Å²) in [7, 11) is 0. The molecule has 0 amide bonds. The Bertz CT molecular complexity index is 229. The van der Waals surface area contributed by atoms with Gasteiger partial charge >= 0.3 is 12.5 Å². The predicted molar refractivity (Wildman–Crippen MR) is 33.0 cm³/mol. The van der Waals surface area contributed by atoms with Crippen LogP contribution in [0.2, 0.25) is 0 Å². The molecule has 0 bridgehead atoms. The Morgan fingerprint density at radius 3 is 2.07 bits per heavy atom. The molecule has 1 unspecified atom stereocenters. The maximum absolute atomic E-state index is 11.8. The van der Waals surface area contributed by atoms with Crippen LogP contribution in [0.25, 0.3) is 0 Å². The molecular weight excluding hydrogens is 214 g/mol. The number of nitrogens with zero attached hydrogens (tertiary/aromatic N) is 2. The third-order valence-corrected chi connectivity index (χ3v) is 1.27. The average molecular weight is 217 g/mol. The van der Waals surface area contributed by atoms with E-state index in [1.54, 1.807) is 0 Å². The summed E-state index contributed by atoms with van der Waals surface area (Å²) in [6.07, 6.45) is -9.45. The van der Waals surface area contributed by atoms with E-state index in [0.29, 0.717) is 0 Å². The van der Waals surface area contributed by atoms with Crippen LogP contribution >= 0.6 is 0 Å². The van der Waals surface area contributed by atoms with Gasteiger partial charge in [-0.1, -0.05) is 0 Å². The number of aliphatic imine (C=N–C) groups is 1. The normalized spacial score (nSPS) is 23.3. The molecule has 8 heteroatoms. The average Bonchev–Trinajstić information content (AvgIpc) is 2.29. The minimum Gasteiger partial charge on any atom is -0.259 e. The zero-order chi connectivity index (χ0) is 11.0. The van der Waals surface area contributed by atoms with Crippen molar-refractivity contribution < 1.29 is 26.3 Å². The predicted octanol–water partition coefficient (Wildman–Crippen LogP) is 2.09. The third kappa shape index (κ3) is 3.08. The Morgan fingerprint density at radius 1 is 1.14 bits per heavy atom. The molecule has 2 nitrogen and oxygen atoms in total. The molecule has 0 fully saturated rings. The summed E-state index contributed by atoms with van der Waals surface area (Å²) in [4.78, 5) is 2.36. The van der Waals surface area contributed by atoms with E-state index < -0.39 is 29.8 Å². The lowest BCUT2D eigenvalue weighted by Gasteiger charge is -2.17. The van der Waals surface area contributed by atoms with E-state index in [9.17, 15) is 26.3 Å². The van der Waals surface area contributed by atoms with Gasteiger partial charge < -0.3 is 0 Å². The van der Waals surface area contributed by atoms with E-state index in [2.05, 4.69) is 4.99 Å². The monoisotopic (exact) mass is 217 g/mol. The van der Waals surface area contributed by atoms with Gasteiger partial charge in [-0.05, 0) is 0 Å². The molecule has 0 spiro atoms. The van der Waals surface area contributed by atoms with E-state index in [1.165, 1.54) is 12.9 Å². The first-order valence-corrected chi connectivity index (χ1v) is 3.34. The Labute approximate surface area is 75.2 Å². The topological polar surface area (TPSA) is 15.6 Å². The number of halogens is 6. The molecule has 1 heterocycles. The highest BCUT2D eigenvalue weighted by molar-refractivity contribution is 5.60. The summed E-state index contributed by atoms with van der Waals surface area (Å²) >= 11 is 0. The molecule has 1 atom stereocenters. The van der Waals surface area contributed by atoms with Crippen molar-refractivity contribution in [2.45, 2.75) is 24.9 Å². The Hall–Kier alpha value is -0.950. The summed E-state index contributed by atoms with van der Waals surface area (Å²) in [6.45, 7) is 1.50. The van der Waals surface area contributed by atoms with Gasteiger partial charge in [0.25, 0.3) is 0 Å². The van der Waals surface area contributed by atoms with Crippen molar-refractivity contribution in [3.05, 3.63) is 6.54 Å². The van der Waals surface area contributed by atoms with Gasteiger partial charge in [0.05, 0.1) is 12.5 Å². The van der Waals surface area contributed by atoms with Crippen LogP contribution in [-0.2, 0) is 0 Å². The lowest BCUT2D eigenvalue weighted by Crippen LogP contribution is -2.34. The van der Waals surface area contributed by atoms with Crippen molar-refractivity contribution in [3.8, 4) is 0 Å². The van der Waals surface area contributed by atoms with Crippen molar-refractivity contribution in [1.29, 1.82) is 0 Å². The van der Waals surface area contributed by atoms with E-state index in [4.69, 9.17) is 0 Å². The lowest BCUT2D eigenvalue weighted by atomic mass is 10.2. The highest BCUT2D eigenvalue weighted by Gasteiger charge is 2.43. The fraction of sp³-hybridized carbons (Fsp3) is 0.667. The number of hydrogen-bond acceptors (Lipinski definition) is 2. The SMILES string of the molecule is FC(F)(F)CC1[C]N(C(F)(F)F)[C]=N1. The molecule has 14 heavy (non-hydrogen) atoms. The molecule has 0 saturated carbocycles. The summed E-state index contributed by atoms with van der Waals surface area (Å²) in [5.41, 5.74) is 0. The zero-order valence-electron chi connectivity index (χ0n) is 6.45. The fourth-order valence-corrected chi connectivity index (χ4v) is 0.775. The second-order valence-corrected chi connectivity index (χ2v) is 2.50. The summed E-state index contributed by atoms with van der Waals surface area (Å²) < 4.78 is 70.6. The molecule has 3 radical (unpaired) electrons. The van der Waals surface area contributed by atoms with E-state index >= 15 is 0 Å². The zero-order valence-corrected chi connectivity index (χ0v) is 6.45. The third-order valence-electron chi connectivity index (χ3n) is 1.27. The first-order valence-electron chi connectivity index (χ1n) is 3.34. The number of hydrogen-bond donors (Lipinski definition) is 0. The lowest BCUT2D eigenvalue weighted by molar-refractivity contribution is -0.206. The Balaban J connectivity index is 2.48. The van der Waals surface area contributed by atoms with E-state index in [0.717, 1.165) is 0 Å². The Morgan fingerprint density at radius 2 is 1.71 bits per heavy atom. The van der Waals surface area contributed by atoms with Gasteiger partial charge in [-0.3, -0.25) is 9.89 Å². The van der Waals surface area contributed by atoms with Gasteiger partial charge in [-0.2, -0.15) is 13.2 Å². The molecule has 0 saturated heterocycles. The second kappa shape index (κ2) is 3.32. The van der Waals surface area contributed by atoms with Crippen molar-refractivity contribution in [1.82, 2.24) is 4.90 Å². The largest absolute Gasteiger partial charge is 0.486 e. The van der Waals surface area contributed by atoms with Crippen LogP contribution in [-0.4, -0.2) is 29.8 Å². The molecule has 0 aromatic carbocycles. The van der Waals surface area contributed by atoms with Gasteiger partial charge in [-0.25, -0.2) is 0 Å². The van der Waals surface area contributed by atoms with Crippen LogP contribution in [0.3, 0.4) is 0 Å². The maximum Gasteiger partial charge on any atom is 0.486 e. The van der Waals surface area contributed by atoms with Crippen LogP contribution in [0.5, 0.6) is 0 Å². The molecule has 0 aromatic heterocycles. The van der Waals surface area contributed by atoms with Crippen LogP contribution in [0.4, 0.5) is 26.3 Å². The minimum absolute atomic E-state index is 0.538.